The molecule has 1 N–H and O–H groups in total. The Balaban J connectivity index is 3.08. The molecule has 0 saturated heterocycles. The lowest BCUT2D eigenvalue weighted by Crippen LogP contribution is -2.15. The Kier molecular flexibility index (Phi) is 8.72. The van der Waals surface area contributed by atoms with Crippen molar-refractivity contribution in [2.24, 2.45) is 0 Å². The van der Waals surface area contributed by atoms with E-state index in [9.17, 15) is 5.11 Å². The second kappa shape index (κ2) is 8.27. The Morgan fingerprint density at radius 2 is 1.92 bits per heavy atom. The molecule has 0 fully saturated rings. The Bertz CT molecular complexity index is 96.5. The Labute approximate surface area is 84.7 Å². The molecule has 0 aliphatic carbocycles. The zero-order valence-corrected chi connectivity index (χ0v) is 9.88. The van der Waals surface area contributed by atoms with Crippen molar-refractivity contribution < 1.29 is 5.11 Å². The number of thioether (sulfide) groups is 2. The van der Waals surface area contributed by atoms with Gasteiger partial charge in [-0.2, -0.15) is 23.5 Å². The van der Waals surface area contributed by atoms with E-state index >= 15 is 0 Å². The van der Waals surface area contributed by atoms with Crippen LogP contribution in [0.1, 0.15) is 27.2 Å². The summed E-state index contributed by atoms with van der Waals surface area (Å²) < 4.78 is 0. The van der Waals surface area contributed by atoms with Gasteiger partial charge in [-0.3, -0.25) is 0 Å². The highest BCUT2D eigenvalue weighted by molar-refractivity contribution is 8.00. The largest absolute Gasteiger partial charge is 0.392 e. The maximum atomic E-state index is 9.20. The maximum absolute atomic E-state index is 9.20. The third kappa shape index (κ3) is 7.32. The molecule has 0 aromatic rings. The second-order valence-corrected chi connectivity index (χ2v) is 5.75. The van der Waals surface area contributed by atoms with Gasteiger partial charge >= 0.3 is 0 Å². The summed E-state index contributed by atoms with van der Waals surface area (Å²) in [5, 5.41) is 9.58. The molecule has 0 aliphatic rings. The molecule has 0 aromatic heterocycles. The summed E-state index contributed by atoms with van der Waals surface area (Å²) in [6, 6.07) is 0. The first kappa shape index (κ1) is 12.7. The summed E-state index contributed by atoms with van der Waals surface area (Å²) in [5.41, 5.74) is 0. The van der Waals surface area contributed by atoms with Crippen LogP contribution in [-0.4, -0.2) is 33.7 Å². The van der Waals surface area contributed by atoms with Gasteiger partial charge in [-0.05, 0) is 30.6 Å². The van der Waals surface area contributed by atoms with Crippen LogP contribution >= 0.6 is 23.5 Å². The minimum absolute atomic E-state index is 0.172. The highest BCUT2D eigenvalue weighted by Crippen LogP contribution is 2.16. The number of hydrogen-bond acceptors (Lipinski definition) is 3. The van der Waals surface area contributed by atoms with Crippen molar-refractivity contribution in [1.29, 1.82) is 0 Å². The van der Waals surface area contributed by atoms with Gasteiger partial charge in [0, 0.05) is 5.25 Å². The maximum Gasteiger partial charge on any atom is 0.0627 e. The first-order valence-corrected chi connectivity index (χ1v) is 6.76. The summed E-state index contributed by atoms with van der Waals surface area (Å²) in [4.78, 5) is 0. The SMILES string of the molecule is CCSCCCSC(C)C(C)O. The van der Waals surface area contributed by atoms with Crippen LogP contribution in [0.3, 0.4) is 0 Å². The van der Waals surface area contributed by atoms with Crippen LogP contribution in [0.4, 0.5) is 0 Å². The van der Waals surface area contributed by atoms with E-state index in [2.05, 4.69) is 13.8 Å². The van der Waals surface area contributed by atoms with Crippen molar-refractivity contribution in [3.63, 3.8) is 0 Å². The molecule has 74 valence electrons. The van der Waals surface area contributed by atoms with E-state index in [-0.39, 0.29) is 6.10 Å². The summed E-state index contributed by atoms with van der Waals surface area (Å²) in [7, 11) is 0. The molecular weight excluding hydrogens is 188 g/mol. The van der Waals surface area contributed by atoms with Gasteiger partial charge in [0.05, 0.1) is 6.10 Å². The smallest absolute Gasteiger partial charge is 0.0627 e. The van der Waals surface area contributed by atoms with Gasteiger partial charge in [-0.25, -0.2) is 0 Å². The van der Waals surface area contributed by atoms with Crippen molar-refractivity contribution in [1.82, 2.24) is 0 Å². The van der Waals surface area contributed by atoms with Gasteiger partial charge in [-0.1, -0.05) is 13.8 Å². The van der Waals surface area contributed by atoms with E-state index in [1.165, 1.54) is 23.7 Å². The molecule has 0 aliphatic heterocycles. The molecule has 0 amide bonds. The minimum atomic E-state index is -0.172. The normalized spacial score (nSPS) is 16.0. The third-order valence-electron chi connectivity index (χ3n) is 1.70. The van der Waals surface area contributed by atoms with Gasteiger partial charge < -0.3 is 5.11 Å². The van der Waals surface area contributed by atoms with Crippen molar-refractivity contribution in [2.75, 3.05) is 17.3 Å². The average Bonchev–Trinajstić information content (AvgIpc) is 2.03. The number of aliphatic hydroxyl groups is 1. The molecule has 0 aromatic carbocycles. The van der Waals surface area contributed by atoms with Gasteiger partial charge in [0.15, 0.2) is 0 Å². The summed E-state index contributed by atoms with van der Waals surface area (Å²) in [5.74, 6) is 3.66. The Hall–Kier alpha value is 0.660. The molecule has 0 heterocycles. The highest BCUT2D eigenvalue weighted by Gasteiger charge is 2.07. The van der Waals surface area contributed by atoms with Crippen molar-refractivity contribution in [3.8, 4) is 0 Å². The van der Waals surface area contributed by atoms with Gasteiger partial charge in [0.2, 0.25) is 0 Å². The molecular formula is C9H20OS2. The Morgan fingerprint density at radius 1 is 1.25 bits per heavy atom. The predicted molar refractivity (Wildman–Crippen MR) is 61.2 cm³/mol. The minimum Gasteiger partial charge on any atom is -0.392 e. The fourth-order valence-corrected chi connectivity index (χ4v) is 2.49. The van der Waals surface area contributed by atoms with E-state index in [0.29, 0.717) is 5.25 Å². The fourth-order valence-electron chi connectivity index (χ4n) is 0.714. The lowest BCUT2D eigenvalue weighted by atomic mass is 10.3. The topological polar surface area (TPSA) is 20.2 Å². The van der Waals surface area contributed by atoms with Crippen LogP contribution in [0.25, 0.3) is 0 Å². The molecule has 0 rings (SSSR count). The number of aliphatic hydroxyl groups excluding tert-OH is 1. The van der Waals surface area contributed by atoms with E-state index in [1.807, 2.05) is 30.4 Å². The molecule has 12 heavy (non-hydrogen) atoms. The monoisotopic (exact) mass is 208 g/mol. The van der Waals surface area contributed by atoms with Crippen LogP contribution in [0, 0.1) is 0 Å². The highest BCUT2D eigenvalue weighted by atomic mass is 32.2. The standard InChI is InChI=1S/C9H20OS2/c1-4-11-6-5-7-12-9(3)8(2)10/h8-10H,4-7H2,1-3H3. The predicted octanol–water partition coefficient (Wildman–Crippen LogP) is 2.63. The van der Waals surface area contributed by atoms with Crippen LogP contribution in [0.15, 0.2) is 0 Å². The van der Waals surface area contributed by atoms with E-state index in [4.69, 9.17) is 0 Å². The molecule has 0 saturated carbocycles. The molecule has 2 atom stereocenters. The fraction of sp³-hybridized carbons (Fsp3) is 1.00. The van der Waals surface area contributed by atoms with Crippen molar-refractivity contribution in [3.05, 3.63) is 0 Å². The lowest BCUT2D eigenvalue weighted by molar-refractivity contribution is 0.196. The summed E-state index contributed by atoms with van der Waals surface area (Å²) in [6.45, 7) is 6.14. The lowest BCUT2D eigenvalue weighted by Gasteiger charge is -2.13. The first-order valence-electron chi connectivity index (χ1n) is 4.56. The van der Waals surface area contributed by atoms with Gasteiger partial charge in [0.25, 0.3) is 0 Å². The zero-order valence-electron chi connectivity index (χ0n) is 8.25. The molecule has 0 bridgehead atoms. The van der Waals surface area contributed by atoms with Crippen LogP contribution in [0.2, 0.25) is 0 Å². The van der Waals surface area contributed by atoms with Crippen molar-refractivity contribution >= 4 is 23.5 Å². The van der Waals surface area contributed by atoms with E-state index < -0.39 is 0 Å². The van der Waals surface area contributed by atoms with Crippen LogP contribution < -0.4 is 0 Å². The summed E-state index contributed by atoms with van der Waals surface area (Å²) >= 11 is 3.86. The van der Waals surface area contributed by atoms with Gasteiger partial charge in [-0.15, -0.1) is 0 Å². The zero-order chi connectivity index (χ0) is 9.40. The average molecular weight is 208 g/mol. The molecule has 2 unspecified atom stereocenters. The molecule has 1 nitrogen and oxygen atoms in total. The Morgan fingerprint density at radius 3 is 2.42 bits per heavy atom. The quantitative estimate of drug-likeness (QED) is 0.650. The molecule has 0 radical (unpaired) electrons. The van der Waals surface area contributed by atoms with E-state index in [1.54, 1.807) is 0 Å². The van der Waals surface area contributed by atoms with Crippen LogP contribution in [-0.2, 0) is 0 Å². The third-order valence-corrected chi connectivity index (χ3v) is 4.13. The van der Waals surface area contributed by atoms with E-state index in [0.717, 1.165) is 0 Å². The second-order valence-electron chi connectivity index (χ2n) is 2.87. The van der Waals surface area contributed by atoms with Crippen LogP contribution in [0.5, 0.6) is 0 Å². The van der Waals surface area contributed by atoms with Gasteiger partial charge in [0.1, 0.15) is 0 Å². The number of hydrogen-bond donors (Lipinski definition) is 1. The summed E-state index contributed by atoms with van der Waals surface area (Å²) in [6.07, 6.45) is 1.09. The van der Waals surface area contributed by atoms with Crippen molar-refractivity contribution in [2.45, 2.75) is 38.5 Å². The molecule has 0 spiro atoms. The first-order chi connectivity index (χ1) is 5.68. The molecule has 3 heteroatoms. The number of rotatable bonds is 7.